The molecule has 1 aromatic heterocycles. The minimum absolute atomic E-state index is 0.0769. The summed E-state index contributed by atoms with van der Waals surface area (Å²) in [6.07, 6.45) is 5.08. The van der Waals surface area contributed by atoms with Gasteiger partial charge in [-0.2, -0.15) is 4.98 Å². The largest absolute Gasteiger partial charge is 0.339 e. The van der Waals surface area contributed by atoms with E-state index in [9.17, 15) is 4.79 Å². The molecule has 6 rings (SSSR count). The zero-order valence-electron chi connectivity index (χ0n) is 15.7. The molecule has 1 aromatic carbocycles. The Morgan fingerprint density at radius 1 is 1.22 bits per heavy atom. The summed E-state index contributed by atoms with van der Waals surface area (Å²) >= 11 is 0. The van der Waals surface area contributed by atoms with Crippen molar-refractivity contribution < 1.29 is 9.32 Å². The van der Waals surface area contributed by atoms with Crippen LogP contribution in [0.25, 0.3) is 0 Å². The Morgan fingerprint density at radius 3 is 2.81 bits per heavy atom. The van der Waals surface area contributed by atoms with Gasteiger partial charge >= 0.3 is 6.03 Å². The van der Waals surface area contributed by atoms with Crippen molar-refractivity contribution in [2.24, 2.45) is 5.92 Å². The summed E-state index contributed by atoms with van der Waals surface area (Å²) in [5.41, 5.74) is 1.32. The lowest BCUT2D eigenvalue weighted by atomic mass is 9.72. The van der Waals surface area contributed by atoms with Crippen molar-refractivity contribution in [2.75, 3.05) is 6.54 Å². The van der Waals surface area contributed by atoms with Gasteiger partial charge in [0.25, 0.3) is 0 Å². The number of carbonyl (C=O) groups excluding carboxylic acids is 1. The van der Waals surface area contributed by atoms with Crippen LogP contribution in [0.2, 0.25) is 0 Å². The van der Waals surface area contributed by atoms with Gasteiger partial charge in [0.15, 0.2) is 5.82 Å². The predicted molar refractivity (Wildman–Crippen MR) is 100 cm³/mol. The highest BCUT2D eigenvalue weighted by Crippen LogP contribution is 2.45. The van der Waals surface area contributed by atoms with Crippen molar-refractivity contribution >= 4 is 6.03 Å². The summed E-state index contributed by atoms with van der Waals surface area (Å²) in [6, 6.07) is 11.0. The summed E-state index contributed by atoms with van der Waals surface area (Å²) in [4.78, 5) is 19.6. The molecular formula is C21H26N4O2. The number of benzene rings is 1. The maximum absolute atomic E-state index is 13.0. The maximum Gasteiger partial charge on any atom is 0.317 e. The van der Waals surface area contributed by atoms with Crippen LogP contribution < -0.4 is 5.32 Å². The highest BCUT2D eigenvalue weighted by molar-refractivity contribution is 5.76. The fraction of sp³-hybridized carbons (Fsp3) is 0.571. The second-order valence-electron chi connectivity index (χ2n) is 8.22. The van der Waals surface area contributed by atoms with Crippen LogP contribution in [0.3, 0.4) is 0 Å². The van der Waals surface area contributed by atoms with Gasteiger partial charge in [-0.3, -0.25) is 0 Å². The highest BCUT2D eigenvalue weighted by atomic mass is 16.5. The number of urea groups is 1. The molecule has 2 aromatic rings. The zero-order valence-corrected chi connectivity index (χ0v) is 15.7. The lowest BCUT2D eigenvalue weighted by Gasteiger charge is -2.48. The Kier molecular flexibility index (Phi) is 4.14. The van der Waals surface area contributed by atoms with Crippen molar-refractivity contribution in [3.8, 4) is 0 Å². The van der Waals surface area contributed by atoms with Gasteiger partial charge in [-0.25, -0.2) is 4.79 Å². The number of carbonyl (C=O) groups is 1. The molecule has 2 amide bonds. The minimum atomic E-state index is 0.0769. The van der Waals surface area contributed by atoms with Crippen molar-refractivity contribution in [1.29, 1.82) is 0 Å². The van der Waals surface area contributed by atoms with E-state index in [4.69, 9.17) is 4.52 Å². The van der Waals surface area contributed by atoms with Crippen LogP contribution in [-0.4, -0.2) is 39.7 Å². The number of hydrogen-bond acceptors (Lipinski definition) is 4. The first-order valence-corrected chi connectivity index (χ1v) is 10.2. The molecule has 142 valence electrons. The Balaban J connectivity index is 1.27. The number of aryl methyl sites for hydroxylation is 1. The zero-order chi connectivity index (χ0) is 18.4. The van der Waals surface area contributed by atoms with Crippen LogP contribution in [0.15, 0.2) is 34.9 Å². The third-order valence-corrected chi connectivity index (χ3v) is 6.48. The lowest BCUT2D eigenvalue weighted by Crippen LogP contribution is -2.57. The quantitative estimate of drug-likeness (QED) is 0.899. The van der Waals surface area contributed by atoms with E-state index in [1.54, 1.807) is 0 Å². The number of amides is 2. The van der Waals surface area contributed by atoms with Crippen LogP contribution >= 0.6 is 0 Å². The number of piperidine rings is 2. The van der Waals surface area contributed by atoms with E-state index in [-0.39, 0.29) is 24.0 Å². The summed E-state index contributed by atoms with van der Waals surface area (Å²) < 4.78 is 5.52. The van der Waals surface area contributed by atoms with Crippen molar-refractivity contribution in [3.05, 3.63) is 47.6 Å². The molecule has 4 aliphatic rings. The first kappa shape index (κ1) is 16.8. The van der Waals surface area contributed by atoms with Gasteiger partial charge in [0, 0.05) is 31.0 Å². The molecule has 27 heavy (non-hydrogen) atoms. The van der Waals surface area contributed by atoms with E-state index in [1.807, 2.05) is 17.9 Å². The van der Waals surface area contributed by atoms with E-state index in [2.05, 4.69) is 39.7 Å². The van der Waals surface area contributed by atoms with Gasteiger partial charge in [0.1, 0.15) is 0 Å². The summed E-state index contributed by atoms with van der Waals surface area (Å²) in [6.45, 7) is 2.88. The molecule has 2 saturated carbocycles. The smallest absolute Gasteiger partial charge is 0.317 e. The summed E-state index contributed by atoms with van der Waals surface area (Å²) in [5, 5.41) is 7.33. The standard InChI is InChI=1S/C21H26N4O2/c1-2-19-23-20(27-24-19)16-10-13-8-9-18(16)25(12-13)21(26)22-17-11-15(17)14-6-4-3-5-7-14/h3-7,13,15-18H,2,8-12H2,1H3,(H,22,26). The molecule has 0 spiro atoms. The van der Waals surface area contributed by atoms with Gasteiger partial charge in [-0.1, -0.05) is 42.4 Å². The molecule has 4 fully saturated rings. The van der Waals surface area contributed by atoms with Gasteiger partial charge in [0.2, 0.25) is 5.89 Å². The fourth-order valence-corrected chi connectivity index (χ4v) is 4.92. The molecule has 6 heteroatoms. The van der Waals surface area contributed by atoms with E-state index < -0.39 is 0 Å². The number of hydrogen-bond donors (Lipinski definition) is 1. The normalized spacial score (nSPS) is 31.7. The van der Waals surface area contributed by atoms with Gasteiger partial charge < -0.3 is 14.7 Å². The first-order valence-electron chi connectivity index (χ1n) is 10.2. The van der Waals surface area contributed by atoms with E-state index in [0.29, 0.717) is 17.7 Å². The lowest BCUT2D eigenvalue weighted by molar-refractivity contribution is 0.0463. The van der Waals surface area contributed by atoms with Gasteiger partial charge in [-0.15, -0.1) is 0 Å². The molecule has 3 heterocycles. The van der Waals surface area contributed by atoms with Crippen LogP contribution in [0.4, 0.5) is 4.79 Å². The summed E-state index contributed by atoms with van der Waals surface area (Å²) in [5.74, 6) is 2.64. The SMILES string of the molecule is CCc1noc(C2CC3CCC2N(C(=O)NC2CC2c2ccccc2)C3)n1. The number of aromatic nitrogens is 2. The van der Waals surface area contributed by atoms with E-state index in [0.717, 1.165) is 38.1 Å². The van der Waals surface area contributed by atoms with Crippen molar-refractivity contribution in [3.63, 3.8) is 0 Å². The molecule has 1 N–H and O–H groups in total. The Hall–Kier alpha value is -2.37. The minimum Gasteiger partial charge on any atom is -0.339 e. The molecule has 0 radical (unpaired) electrons. The van der Waals surface area contributed by atoms with Crippen molar-refractivity contribution in [1.82, 2.24) is 20.4 Å². The molecule has 6 nitrogen and oxygen atoms in total. The Bertz CT molecular complexity index is 821. The molecule has 2 aliphatic carbocycles. The second kappa shape index (κ2) is 6.66. The van der Waals surface area contributed by atoms with Crippen LogP contribution in [0.1, 0.15) is 61.7 Å². The van der Waals surface area contributed by atoms with Gasteiger partial charge in [-0.05, 0) is 37.2 Å². The molecule has 2 bridgehead atoms. The monoisotopic (exact) mass is 366 g/mol. The molecular weight excluding hydrogens is 340 g/mol. The third kappa shape index (κ3) is 3.11. The van der Waals surface area contributed by atoms with Crippen molar-refractivity contribution in [2.45, 2.75) is 62.9 Å². The van der Waals surface area contributed by atoms with Gasteiger partial charge in [0.05, 0.1) is 5.92 Å². The number of nitrogens with zero attached hydrogens (tertiary/aromatic N) is 3. The Morgan fingerprint density at radius 2 is 2.07 bits per heavy atom. The highest BCUT2D eigenvalue weighted by Gasteiger charge is 2.47. The van der Waals surface area contributed by atoms with E-state index >= 15 is 0 Å². The predicted octanol–water partition coefficient (Wildman–Crippen LogP) is 3.47. The first-order chi connectivity index (χ1) is 13.2. The number of nitrogens with one attached hydrogen (secondary N) is 1. The van der Waals surface area contributed by atoms with E-state index in [1.165, 1.54) is 12.0 Å². The Labute approximate surface area is 159 Å². The average molecular weight is 366 g/mol. The topological polar surface area (TPSA) is 71.3 Å². The second-order valence-corrected chi connectivity index (χ2v) is 8.22. The molecule has 2 aliphatic heterocycles. The average Bonchev–Trinajstić information content (AvgIpc) is 3.32. The molecule has 5 unspecified atom stereocenters. The molecule has 2 saturated heterocycles. The third-order valence-electron chi connectivity index (χ3n) is 6.48. The maximum atomic E-state index is 13.0. The summed E-state index contributed by atoms with van der Waals surface area (Å²) in [7, 11) is 0. The fourth-order valence-electron chi connectivity index (χ4n) is 4.92. The van der Waals surface area contributed by atoms with Crippen LogP contribution in [-0.2, 0) is 6.42 Å². The van der Waals surface area contributed by atoms with Crippen LogP contribution in [0.5, 0.6) is 0 Å². The number of rotatable bonds is 4. The molecule has 5 atom stereocenters. The number of fused-ring (bicyclic) bond motifs is 3. The van der Waals surface area contributed by atoms with Crippen LogP contribution in [0, 0.1) is 5.92 Å².